The molecule has 4 nitrogen and oxygen atoms in total. The van der Waals surface area contributed by atoms with Crippen molar-refractivity contribution in [2.24, 2.45) is 0 Å². The summed E-state index contributed by atoms with van der Waals surface area (Å²) in [5.74, 6) is 1.90. The molecule has 0 aromatic heterocycles. The molecule has 0 fully saturated rings. The van der Waals surface area contributed by atoms with Gasteiger partial charge in [-0.15, -0.1) is 0 Å². The van der Waals surface area contributed by atoms with Crippen LogP contribution in [-0.2, 0) is 12.8 Å². The number of hydrogen-bond donors (Lipinski definition) is 2. The van der Waals surface area contributed by atoms with E-state index in [-0.39, 0.29) is 6.04 Å². The first-order chi connectivity index (χ1) is 11.2. The minimum Gasteiger partial charge on any atom is -0.508 e. The molecule has 0 saturated carbocycles. The second kappa shape index (κ2) is 6.92. The SMILES string of the molecule is CCOc1cc2c(cc1OC)CCN[C@@H]2Cc1ccc(O)cc1. The van der Waals surface area contributed by atoms with E-state index >= 15 is 0 Å². The average molecular weight is 313 g/mol. The van der Waals surface area contributed by atoms with Crippen molar-refractivity contribution in [1.29, 1.82) is 0 Å². The summed E-state index contributed by atoms with van der Waals surface area (Å²) in [6, 6.07) is 11.9. The predicted molar refractivity (Wildman–Crippen MR) is 90.4 cm³/mol. The van der Waals surface area contributed by atoms with Gasteiger partial charge < -0.3 is 19.9 Å². The smallest absolute Gasteiger partial charge is 0.161 e. The summed E-state index contributed by atoms with van der Waals surface area (Å²) in [5, 5.41) is 13.0. The highest BCUT2D eigenvalue weighted by Crippen LogP contribution is 2.36. The lowest BCUT2D eigenvalue weighted by Gasteiger charge is -2.28. The fourth-order valence-electron chi connectivity index (χ4n) is 3.13. The zero-order valence-electron chi connectivity index (χ0n) is 13.6. The summed E-state index contributed by atoms with van der Waals surface area (Å²) < 4.78 is 11.2. The molecule has 1 aliphatic rings. The molecule has 2 aromatic rings. The van der Waals surface area contributed by atoms with Gasteiger partial charge in [0.15, 0.2) is 11.5 Å². The maximum absolute atomic E-state index is 9.43. The Bertz CT molecular complexity index is 667. The Morgan fingerprint density at radius 2 is 1.96 bits per heavy atom. The molecule has 23 heavy (non-hydrogen) atoms. The molecule has 1 aliphatic heterocycles. The van der Waals surface area contributed by atoms with Gasteiger partial charge >= 0.3 is 0 Å². The van der Waals surface area contributed by atoms with Gasteiger partial charge in [-0.05, 0) is 67.3 Å². The number of ether oxygens (including phenoxy) is 2. The summed E-state index contributed by atoms with van der Waals surface area (Å²) in [5.41, 5.74) is 3.78. The van der Waals surface area contributed by atoms with E-state index in [1.165, 1.54) is 16.7 Å². The van der Waals surface area contributed by atoms with E-state index < -0.39 is 0 Å². The maximum atomic E-state index is 9.43. The zero-order valence-corrected chi connectivity index (χ0v) is 13.6. The van der Waals surface area contributed by atoms with Crippen LogP contribution in [0.2, 0.25) is 0 Å². The molecule has 1 heterocycles. The van der Waals surface area contributed by atoms with Crippen molar-refractivity contribution in [3.8, 4) is 17.2 Å². The molecule has 0 bridgehead atoms. The van der Waals surface area contributed by atoms with Gasteiger partial charge in [0.2, 0.25) is 0 Å². The van der Waals surface area contributed by atoms with Crippen LogP contribution >= 0.6 is 0 Å². The van der Waals surface area contributed by atoms with E-state index in [1.54, 1.807) is 19.2 Å². The number of methoxy groups -OCH3 is 1. The van der Waals surface area contributed by atoms with Crippen LogP contribution in [0, 0.1) is 0 Å². The van der Waals surface area contributed by atoms with Gasteiger partial charge in [0.1, 0.15) is 5.75 Å². The van der Waals surface area contributed by atoms with E-state index in [9.17, 15) is 5.11 Å². The lowest BCUT2D eigenvalue weighted by atomic mass is 9.90. The number of phenolic OH excluding ortho intramolecular Hbond substituents is 1. The normalized spacial score (nSPS) is 16.7. The van der Waals surface area contributed by atoms with Gasteiger partial charge in [-0.1, -0.05) is 12.1 Å². The average Bonchev–Trinajstić information content (AvgIpc) is 2.57. The van der Waals surface area contributed by atoms with Gasteiger partial charge in [-0.3, -0.25) is 0 Å². The van der Waals surface area contributed by atoms with E-state index in [1.807, 2.05) is 19.1 Å². The molecule has 4 heteroatoms. The summed E-state index contributed by atoms with van der Waals surface area (Å²) in [7, 11) is 1.68. The Morgan fingerprint density at radius 1 is 1.17 bits per heavy atom. The number of rotatable bonds is 5. The molecule has 2 N–H and O–H groups in total. The number of benzene rings is 2. The molecule has 0 amide bonds. The van der Waals surface area contributed by atoms with Crippen molar-refractivity contribution in [1.82, 2.24) is 5.32 Å². The zero-order chi connectivity index (χ0) is 16.2. The predicted octanol–water partition coefficient (Wildman–Crippen LogP) is 3.23. The Hall–Kier alpha value is -2.20. The third kappa shape index (κ3) is 3.42. The van der Waals surface area contributed by atoms with E-state index in [0.29, 0.717) is 12.4 Å². The minimum atomic E-state index is 0.244. The fraction of sp³-hybridized carbons (Fsp3) is 0.368. The summed E-state index contributed by atoms with van der Waals surface area (Å²) >= 11 is 0. The monoisotopic (exact) mass is 313 g/mol. The maximum Gasteiger partial charge on any atom is 0.161 e. The van der Waals surface area contributed by atoms with Gasteiger partial charge in [0.05, 0.1) is 13.7 Å². The highest BCUT2D eigenvalue weighted by Gasteiger charge is 2.23. The van der Waals surface area contributed by atoms with E-state index in [2.05, 4.69) is 17.4 Å². The quantitative estimate of drug-likeness (QED) is 0.890. The van der Waals surface area contributed by atoms with Crippen LogP contribution in [0.3, 0.4) is 0 Å². The van der Waals surface area contributed by atoms with Crippen LogP contribution < -0.4 is 14.8 Å². The molecule has 122 valence electrons. The third-order valence-corrected chi connectivity index (χ3v) is 4.26. The molecule has 3 rings (SSSR count). The van der Waals surface area contributed by atoms with Gasteiger partial charge in [-0.2, -0.15) is 0 Å². The highest BCUT2D eigenvalue weighted by molar-refractivity contribution is 5.50. The van der Waals surface area contributed by atoms with Crippen molar-refractivity contribution in [3.05, 3.63) is 53.1 Å². The fourth-order valence-corrected chi connectivity index (χ4v) is 3.13. The molecule has 0 saturated heterocycles. The van der Waals surface area contributed by atoms with Crippen LogP contribution in [0.15, 0.2) is 36.4 Å². The summed E-state index contributed by atoms with van der Waals surface area (Å²) in [6.45, 7) is 3.54. The second-order valence-electron chi connectivity index (χ2n) is 5.76. The number of fused-ring (bicyclic) bond motifs is 1. The van der Waals surface area contributed by atoms with Gasteiger partial charge in [0, 0.05) is 6.04 Å². The van der Waals surface area contributed by atoms with Gasteiger partial charge in [-0.25, -0.2) is 0 Å². The first kappa shape index (κ1) is 15.7. The van der Waals surface area contributed by atoms with Gasteiger partial charge in [0.25, 0.3) is 0 Å². The summed E-state index contributed by atoms with van der Waals surface area (Å²) in [4.78, 5) is 0. The Morgan fingerprint density at radius 3 is 2.65 bits per heavy atom. The topological polar surface area (TPSA) is 50.7 Å². The number of nitrogens with one attached hydrogen (secondary N) is 1. The lowest BCUT2D eigenvalue weighted by molar-refractivity contribution is 0.309. The van der Waals surface area contributed by atoms with Crippen molar-refractivity contribution >= 4 is 0 Å². The highest BCUT2D eigenvalue weighted by atomic mass is 16.5. The molecular weight excluding hydrogens is 290 g/mol. The second-order valence-corrected chi connectivity index (χ2v) is 5.76. The molecule has 0 unspecified atom stereocenters. The number of phenols is 1. The van der Waals surface area contributed by atoms with Crippen molar-refractivity contribution in [3.63, 3.8) is 0 Å². The first-order valence-electron chi connectivity index (χ1n) is 8.06. The van der Waals surface area contributed by atoms with Crippen LogP contribution in [0.1, 0.15) is 29.7 Å². The summed E-state index contributed by atoms with van der Waals surface area (Å²) in [6.07, 6.45) is 1.87. The molecule has 0 aliphatic carbocycles. The third-order valence-electron chi connectivity index (χ3n) is 4.26. The number of aromatic hydroxyl groups is 1. The molecule has 2 aromatic carbocycles. The van der Waals surface area contributed by atoms with Crippen molar-refractivity contribution in [2.45, 2.75) is 25.8 Å². The first-order valence-corrected chi connectivity index (χ1v) is 8.06. The lowest BCUT2D eigenvalue weighted by Crippen LogP contribution is -2.31. The molecule has 0 spiro atoms. The van der Waals surface area contributed by atoms with Crippen molar-refractivity contribution in [2.75, 3.05) is 20.3 Å². The van der Waals surface area contributed by atoms with Crippen LogP contribution in [0.25, 0.3) is 0 Å². The Balaban J connectivity index is 1.91. The van der Waals surface area contributed by atoms with Crippen molar-refractivity contribution < 1.29 is 14.6 Å². The van der Waals surface area contributed by atoms with Crippen LogP contribution in [0.4, 0.5) is 0 Å². The molecule has 1 atom stereocenters. The largest absolute Gasteiger partial charge is 0.508 e. The minimum absolute atomic E-state index is 0.244. The molecule has 0 radical (unpaired) electrons. The Labute approximate surface area is 137 Å². The van der Waals surface area contributed by atoms with E-state index in [0.717, 1.165) is 30.9 Å². The van der Waals surface area contributed by atoms with Crippen LogP contribution in [0.5, 0.6) is 17.2 Å². The van der Waals surface area contributed by atoms with E-state index in [4.69, 9.17) is 9.47 Å². The standard InChI is InChI=1S/C19H23NO3/c1-3-23-19-12-16-14(11-18(19)22-2)8-9-20-17(16)10-13-4-6-15(21)7-5-13/h4-7,11-12,17,20-21H,3,8-10H2,1-2H3/t17-/m1/s1. The number of hydrogen-bond acceptors (Lipinski definition) is 4. The molecular formula is C19H23NO3. The van der Waals surface area contributed by atoms with Crippen LogP contribution in [-0.4, -0.2) is 25.4 Å². The Kier molecular flexibility index (Phi) is 4.72.